The molecule has 7 heteroatoms. The Kier molecular flexibility index (Phi) is 3.50. The van der Waals surface area contributed by atoms with Gasteiger partial charge >= 0.3 is 0 Å². The van der Waals surface area contributed by atoms with E-state index in [0.29, 0.717) is 12.0 Å². The maximum atomic E-state index is 5.68. The molecule has 7 nitrogen and oxygen atoms in total. The quantitative estimate of drug-likeness (QED) is 0.679. The second kappa shape index (κ2) is 5.55. The summed E-state index contributed by atoms with van der Waals surface area (Å²) >= 11 is 0. The zero-order valence-corrected chi connectivity index (χ0v) is 17.5. The molecule has 2 atom stereocenters. The molecule has 0 amide bonds. The molecular weight excluding hydrogens is 352 g/mol. The maximum absolute atomic E-state index is 5.68. The van der Waals surface area contributed by atoms with Gasteiger partial charge < -0.3 is 4.52 Å². The Balaban J connectivity index is 1.66. The summed E-state index contributed by atoms with van der Waals surface area (Å²) in [7, 11) is 2.01. The van der Waals surface area contributed by atoms with Gasteiger partial charge in [-0.1, -0.05) is 25.9 Å². The predicted molar refractivity (Wildman–Crippen MR) is 105 cm³/mol. The molecular formula is C21H28N6O. The first-order chi connectivity index (χ1) is 13.2. The first-order valence-corrected chi connectivity index (χ1v) is 10.2. The Morgan fingerprint density at radius 1 is 1.21 bits per heavy atom. The van der Waals surface area contributed by atoms with Crippen LogP contribution in [0, 0.1) is 5.92 Å². The molecule has 0 radical (unpaired) electrons. The van der Waals surface area contributed by atoms with Crippen LogP contribution in [0.15, 0.2) is 17.0 Å². The highest BCUT2D eigenvalue weighted by molar-refractivity contribution is 5.59. The van der Waals surface area contributed by atoms with Crippen molar-refractivity contribution in [3.05, 3.63) is 35.1 Å². The van der Waals surface area contributed by atoms with Crippen LogP contribution in [0.4, 0.5) is 0 Å². The van der Waals surface area contributed by atoms with E-state index in [1.807, 2.05) is 28.9 Å². The average molecular weight is 380 g/mol. The SMILES string of the molecule is CC(C)n1cnc(-c2c3c(nn2C)[C@@]2(C)Cc4cnoc4C(C)(C)[C@@H]2CC3)n1. The zero-order valence-electron chi connectivity index (χ0n) is 17.5. The van der Waals surface area contributed by atoms with E-state index in [-0.39, 0.29) is 10.8 Å². The lowest BCUT2D eigenvalue weighted by molar-refractivity contribution is 0.109. The van der Waals surface area contributed by atoms with E-state index in [1.54, 1.807) is 0 Å². The summed E-state index contributed by atoms with van der Waals surface area (Å²) in [6.45, 7) is 11.2. The van der Waals surface area contributed by atoms with Crippen molar-refractivity contribution in [2.45, 2.75) is 70.8 Å². The molecule has 28 heavy (non-hydrogen) atoms. The highest BCUT2D eigenvalue weighted by Gasteiger charge is 2.56. The standard InChI is InChI=1S/C21H28N6O/c1-12(2)27-11-22-19(25-27)16-14-7-8-15-20(3,4)18-13(10-23-28-18)9-21(15,5)17(14)24-26(16)6/h10-12,15H,7-9H2,1-6H3/t15-,21-/m0/s1. The van der Waals surface area contributed by atoms with E-state index in [4.69, 9.17) is 14.7 Å². The molecule has 5 rings (SSSR count). The third-order valence-corrected chi connectivity index (χ3v) is 7.05. The minimum Gasteiger partial charge on any atom is -0.361 e. The van der Waals surface area contributed by atoms with Crippen LogP contribution in [-0.2, 0) is 30.7 Å². The van der Waals surface area contributed by atoms with Crippen LogP contribution in [0.3, 0.4) is 0 Å². The number of aryl methyl sites for hydroxylation is 1. The van der Waals surface area contributed by atoms with Crippen LogP contribution < -0.4 is 0 Å². The van der Waals surface area contributed by atoms with Crippen LogP contribution in [-0.4, -0.2) is 29.7 Å². The van der Waals surface area contributed by atoms with Crippen molar-refractivity contribution in [2.24, 2.45) is 13.0 Å². The molecule has 0 aliphatic heterocycles. The number of hydrogen-bond donors (Lipinski definition) is 0. The lowest BCUT2D eigenvalue weighted by atomic mass is 9.51. The minimum absolute atomic E-state index is 0.0493. The second-order valence-electron chi connectivity index (χ2n) is 9.53. The smallest absolute Gasteiger partial charge is 0.199 e. The van der Waals surface area contributed by atoms with Gasteiger partial charge in [0.1, 0.15) is 17.8 Å². The van der Waals surface area contributed by atoms with Gasteiger partial charge in [-0.05, 0) is 39.0 Å². The monoisotopic (exact) mass is 380 g/mol. The normalized spacial score (nSPS) is 25.5. The summed E-state index contributed by atoms with van der Waals surface area (Å²) in [6, 6.07) is 0.290. The summed E-state index contributed by atoms with van der Waals surface area (Å²) in [6.07, 6.45) is 6.71. The molecule has 0 saturated heterocycles. The number of aromatic nitrogens is 6. The fourth-order valence-corrected chi connectivity index (χ4v) is 5.78. The lowest BCUT2D eigenvalue weighted by Gasteiger charge is -2.51. The lowest BCUT2D eigenvalue weighted by Crippen LogP contribution is -2.51. The summed E-state index contributed by atoms with van der Waals surface area (Å²) < 4.78 is 9.57. The molecule has 2 aliphatic rings. The molecule has 148 valence electrons. The van der Waals surface area contributed by atoms with Crippen LogP contribution >= 0.6 is 0 Å². The topological polar surface area (TPSA) is 74.6 Å². The number of rotatable bonds is 2. The molecule has 2 aliphatic carbocycles. The fraction of sp³-hybridized carbons (Fsp3) is 0.619. The predicted octanol–water partition coefficient (Wildman–Crippen LogP) is 3.60. The Morgan fingerprint density at radius 3 is 2.71 bits per heavy atom. The van der Waals surface area contributed by atoms with E-state index in [2.05, 4.69) is 44.8 Å². The van der Waals surface area contributed by atoms with Gasteiger partial charge in [-0.15, -0.1) is 5.10 Å². The first-order valence-electron chi connectivity index (χ1n) is 10.2. The van der Waals surface area contributed by atoms with Crippen molar-refractivity contribution in [1.82, 2.24) is 29.7 Å². The fourth-order valence-electron chi connectivity index (χ4n) is 5.78. The molecule has 3 heterocycles. The summed E-state index contributed by atoms with van der Waals surface area (Å²) in [5.41, 5.74) is 4.66. The van der Waals surface area contributed by atoms with Crippen LogP contribution in [0.2, 0.25) is 0 Å². The molecule has 0 spiro atoms. The highest BCUT2D eigenvalue weighted by Crippen LogP contribution is 2.56. The molecule has 0 fully saturated rings. The van der Waals surface area contributed by atoms with Crippen molar-refractivity contribution in [2.75, 3.05) is 0 Å². The Morgan fingerprint density at radius 2 is 2.00 bits per heavy atom. The van der Waals surface area contributed by atoms with Crippen LogP contribution in [0.25, 0.3) is 11.5 Å². The van der Waals surface area contributed by atoms with Gasteiger partial charge in [0, 0.05) is 35.0 Å². The van der Waals surface area contributed by atoms with Crippen LogP contribution in [0.5, 0.6) is 0 Å². The van der Waals surface area contributed by atoms with Gasteiger partial charge in [0.25, 0.3) is 0 Å². The van der Waals surface area contributed by atoms with Gasteiger partial charge in [-0.3, -0.25) is 4.68 Å². The Hall–Kier alpha value is -2.44. The summed E-state index contributed by atoms with van der Waals surface area (Å²) in [5, 5.41) is 13.9. The van der Waals surface area contributed by atoms with E-state index < -0.39 is 0 Å². The van der Waals surface area contributed by atoms with Gasteiger partial charge in [0.05, 0.1) is 11.9 Å². The summed E-state index contributed by atoms with van der Waals surface area (Å²) in [4.78, 5) is 4.60. The molecule has 3 aromatic heterocycles. The molecule has 0 N–H and O–H groups in total. The molecule has 3 aromatic rings. The van der Waals surface area contributed by atoms with Gasteiger partial charge in [0.15, 0.2) is 5.82 Å². The van der Waals surface area contributed by atoms with Gasteiger partial charge in [0.2, 0.25) is 0 Å². The van der Waals surface area contributed by atoms with Crippen LogP contribution in [0.1, 0.15) is 69.7 Å². The largest absolute Gasteiger partial charge is 0.361 e. The molecule has 0 bridgehead atoms. The number of hydrogen-bond acceptors (Lipinski definition) is 5. The van der Waals surface area contributed by atoms with Gasteiger partial charge in [-0.25, -0.2) is 9.67 Å². The second-order valence-corrected chi connectivity index (χ2v) is 9.53. The van der Waals surface area contributed by atoms with Crippen molar-refractivity contribution in [3.63, 3.8) is 0 Å². The van der Waals surface area contributed by atoms with Crippen molar-refractivity contribution < 1.29 is 4.52 Å². The molecule has 0 aromatic carbocycles. The number of nitrogens with zero attached hydrogens (tertiary/aromatic N) is 6. The van der Waals surface area contributed by atoms with Crippen molar-refractivity contribution >= 4 is 0 Å². The van der Waals surface area contributed by atoms with E-state index in [9.17, 15) is 0 Å². The van der Waals surface area contributed by atoms with E-state index in [1.165, 1.54) is 16.8 Å². The maximum Gasteiger partial charge on any atom is 0.199 e. The first kappa shape index (κ1) is 17.6. The molecule has 0 saturated carbocycles. The van der Waals surface area contributed by atoms with Gasteiger partial charge in [-0.2, -0.15) is 5.10 Å². The van der Waals surface area contributed by atoms with Crippen molar-refractivity contribution in [1.29, 1.82) is 0 Å². The highest BCUT2D eigenvalue weighted by atomic mass is 16.5. The Labute approximate surface area is 165 Å². The molecule has 0 unspecified atom stereocenters. The minimum atomic E-state index is -0.0638. The Bertz CT molecular complexity index is 1060. The van der Waals surface area contributed by atoms with Crippen molar-refractivity contribution in [3.8, 4) is 11.5 Å². The average Bonchev–Trinajstić information content (AvgIpc) is 3.32. The summed E-state index contributed by atoms with van der Waals surface area (Å²) in [5.74, 6) is 2.27. The van der Waals surface area contributed by atoms with E-state index in [0.717, 1.165) is 36.5 Å². The number of fused-ring (bicyclic) bond motifs is 4. The van der Waals surface area contributed by atoms with E-state index >= 15 is 0 Å². The zero-order chi connectivity index (χ0) is 19.8. The third kappa shape index (κ3) is 2.16. The third-order valence-electron chi connectivity index (χ3n) is 7.05.